The molecule has 0 radical (unpaired) electrons. The lowest BCUT2D eigenvalue weighted by molar-refractivity contribution is 0.0937. The fraction of sp³-hybridized carbons (Fsp3) is 0.214. The molecule has 136 valence electrons. The molecule has 2 aromatic rings. The van der Waals surface area contributed by atoms with E-state index >= 15 is 0 Å². The summed E-state index contributed by atoms with van der Waals surface area (Å²) in [5.74, 6) is 0.00293. The van der Waals surface area contributed by atoms with Gasteiger partial charge in [-0.1, -0.05) is 0 Å². The monoisotopic (exact) mass is 495 g/mol. The Morgan fingerprint density at radius 1 is 1.12 bits per heavy atom. The second-order valence-electron chi connectivity index (χ2n) is 4.85. The number of hydrogen-bond donors (Lipinski definition) is 2. The topological polar surface area (TPSA) is 98.7 Å². The van der Waals surface area contributed by atoms with Crippen molar-refractivity contribution in [3.8, 4) is 11.5 Å². The van der Waals surface area contributed by atoms with E-state index in [2.05, 4.69) is 42.1 Å². The van der Waals surface area contributed by atoms with Crippen LogP contribution in [-0.4, -0.2) is 33.1 Å². The normalized spacial score (nSPS) is 11.2. The van der Waals surface area contributed by atoms with E-state index in [9.17, 15) is 13.2 Å². The summed E-state index contributed by atoms with van der Waals surface area (Å²) in [4.78, 5) is 14.1. The van der Waals surface area contributed by atoms with Gasteiger partial charge < -0.3 is 14.0 Å². The molecule has 1 heterocycles. The number of hydrazine groups is 1. The first-order chi connectivity index (χ1) is 11.7. The molecule has 0 aliphatic carbocycles. The van der Waals surface area contributed by atoms with Crippen molar-refractivity contribution in [2.75, 3.05) is 14.2 Å². The number of rotatable bonds is 6. The van der Waals surface area contributed by atoms with Gasteiger partial charge in [0.2, 0.25) is 0 Å². The predicted octanol–water partition coefficient (Wildman–Crippen LogP) is 2.19. The molecule has 0 fully saturated rings. The first-order valence-corrected chi connectivity index (χ1v) is 9.82. The Balaban J connectivity index is 2.25. The molecule has 1 aromatic carbocycles. The third-order valence-electron chi connectivity index (χ3n) is 3.23. The number of sulfonamides is 1. The third kappa shape index (κ3) is 4.35. The first kappa shape index (κ1) is 19.8. The lowest BCUT2D eigenvalue weighted by atomic mass is 10.3. The van der Waals surface area contributed by atoms with Crippen LogP contribution in [0.1, 0.15) is 10.5 Å². The highest BCUT2D eigenvalue weighted by atomic mass is 79.9. The molecule has 0 atom stereocenters. The summed E-state index contributed by atoms with van der Waals surface area (Å²) in [6.45, 7) is 0. The van der Waals surface area contributed by atoms with Crippen molar-refractivity contribution in [2.45, 2.75) is 4.90 Å². The van der Waals surface area contributed by atoms with Crippen LogP contribution in [0.5, 0.6) is 11.5 Å². The Morgan fingerprint density at radius 3 is 2.24 bits per heavy atom. The van der Waals surface area contributed by atoms with Gasteiger partial charge >= 0.3 is 0 Å². The average Bonchev–Trinajstić information content (AvgIpc) is 2.90. The Labute approximate surface area is 161 Å². The summed E-state index contributed by atoms with van der Waals surface area (Å²) in [6.07, 6.45) is 1.67. The molecule has 1 aromatic heterocycles. The minimum atomic E-state index is -4.04. The summed E-state index contributed by atoms with van der Waals surface area (Å²) in [7, 11) is 0.456. The molecule has 2 N–H and O–H groups in total. The lowest BCUT2D eigenvalue weighted by Crippen LogP contribution is -2.42. The van der Waals surface area contributed by atoms with Gasteiger partial charge in [0.15, 0.2) is 11.5 Å². The van der Waals surface area contributed by atoms with E-state index in [1.807, 2.05) is 0 Å². The van der Waals surface area contributed by atoms with E-state index in [0.29, 0.717) is 10.2 Å². The zero-order valence-electron chi connectivity index (χ0n) is 13.5. The van der Waals surface area contributed by atoms with Gasteiger partial charge in [-0.3, -0.25) is 10.2 Å². The molecule has 0 spiro atoms. The number of nitrogens with zero attached hydrogens (tertiary/aromatic N) is 1. The van der Waals surface area contributed by atoms with Crippen molar-refractivity contribution < 1.29 is 22.7 Å². The van der Waals surface area contributed by atoms with Crippen molar-refractivity contribution in [2.24, 2.45) is 7.05 Å². The van der Waals surface area contributed by atoms with E-state index in [0.717, 1.165) is 0 Å². The summed E-state index contributed by atoms with van der Waals surface area (Å²) in [5.41, 5.74) is 2.45. The van der Waals surface area contributed by atoms with Gasteiger partial charge in [0.25, 0.3) is 15.9 Å². The number of benzene rings is 1. The molecule has 0 saturated carbocycles. The van der Waals surface area contributed by atoms with Crippen LogP contribution in [0.15, 0.2) is 38.2 Å². The van der Waals surface area contributed by atoms with Crippen molar-refractivity contribution in [1.82, 2.24) is 14.8 Å². The van der Waals surface area contributed by atoms with Crippen molar-refractivity contribution in [1.29, 1.82) is 0 Å². The molecule has 1 amide bonds. The van der Waals surface area contributed by atoms with Gasteiger partial charge in [-0.2, -0.15) is 0 Å². The Kier molecular flexibility index (Phi) is 6.14. The van der Waals surface area contributed by atoms with Crippen LogP contribution in [0, 0.1) is 0 Å². The second-order valence-corrected chi connectivity index (χ2v) is 8.27. The molecule has 0 aliphatic rings. The second kappa shape index (κ2) is 7.77. The quantitative estimate of drug-likeness (QED) is 0.597. The van der Waals surface area contributed by atoms with Crippen LogP contribution < -0.4 is 19.7 Å². The largest absolute Gasteiger partial charge is 0.493 e. The van der Waals surface area contributed by atoms with E-state index in [1.54, 1.807) is 23.9 Å². The number of hydrogen-bond acceptors (Lipinski definition) is 5. The molecule has 0 unspecified atom stereocenters. The van der Waals surface area contributed by atoms with E-state index in [4.69, 9.17) is 9.47 Å². The smallest absolute Gasteiger partial charge is 0.282 e. The minimum absolute atomic E-state index is 0.112. The molecular formula is C14H15Br2N3O5S. The molecule has 0 bridgehead atoms. The zero-order chi connectivity index (χ0) is 18.8. The number of aromatic nitrogens is 1. The Morgan fingerprint density at radius 2 is 1.72 bits per heavy atom. The molecule has 8 nitrogen and oxygen atoms in total. The van der Waals surface area contributed by atoms with Crippen LogP contribution in [0.3, 0.4) is 0 Å². The Hall–Kier alpha value is -1.56. The minimum Gasteiger partial charge on any atom is -0.493 e. The van der Waals surface area contributed by atoms with E-state index in [1.165, 1.54) is 26.4 Å². The predicted molar refractivity (Wildman–Crippen MR) is 98.1 cm³/mol. The average molecular weight is 497 g/mol. The number of amides is 1. The van der Waals surface area contributed by atoms with Crippen LogP contribution in [0.4, 0.5) is 0 Å². The van der Waals surface area contributed by atoms with Gasteiger partial charge in [-0.25, -0.2) is 8.42 Å². The van der Waals surface area contributed by atoms with Gasteiger partial charge in [-0.05, 0) is 44.0 Å². The highest BCUT2D eigenvalue weighted by Crippen LogP contribution is 2.35. The Bertz CT molecular complexity index is 911. The van der Waals surface area contributed by atoms with Gasteiger partial charge in [0.1, 0.15) is 10.6 Å². The number of carbonyl (C=O) groups is 1. The fourth-order valence-electron chi connectivity index (χ4n) is 2.02. The van der Waals surface area contributed by atoms with Crippen molar-refractivity contribution in [3.63, 3.8) is 0 Å². The van der Waals surface area contributed by atoms with Gasteiger partial charge in [0, 0.05) is 28.3 Å². The SMILES string of the molecule is COc1cc(Br)c(S(=O)(=O)NNC(=O)c2cc(Br)cn2C)cc1OC. The number of aryl methyl sites for hydroxylation is 1. The van der Waals surface area contributed by atoms with Gasteiger partial charge in [0.05, 0.1) is 14.2 Å². The maximum absolute atomic E-state index is 12.5. The maximum Gasteiger partial charge on any atom is 0.282 e. The highest BCUT2D eigenvalue weighted by Gasteiger charge is 2.22. The summed E-state index contributed by atoms with van der Waals surface area (Å²) < 4.78 is 37.7. The lowest BCUT2D eigenvalue weighted by Gasteiger charge is -2.13. The van der Waals surface area contributed by atoms with Crippen LogP contribution in [-0.2, 0) is 17.1 Å². The molecule has 2 rings (SSSR count). The molecule has 25 heavy (non-hydrogen) atoms. The fourth-order valence-corrected chi connectivity index (χ4v) is 4.42. The molecule has 0 aliphatic heterocycles. The zero-order valence-corrected chi connectivity index (χ0v) is 17.5. The van der Waals surface area contributed by atoms with Crippen molar-refractivity contribution in [3.05, 3.63) is 39.0 Å². The van der Waals surface area contributed by atoms with Crippen LogP contribution in [0.2, 0.25) is 0 Å². The molecular weight excluding hydrogens is 482 g/mol. The number of carbonyl (C=O) groups excluding carboxylic acids is 1. The van der Waals surface area contributed by atoms with E-state index < -0.39 is 15.9 Å². The summed E-state index contributed by atoms with van der Waals surface area (Å²) in [5, 5.41) is 0. The number of halogens is 2. The first-order valence-electron chi connectivity index (χ1n) is 6.75. The third-order valence-corrected chi connectivity index (χ3v) is 5.87. The molecule has 0 saturated heterocycles. The number of methoxy groups -OCH3 is 2. The number of ether oxygens (including phenoxy) is 2. The highest BCUT2D eigenvalue weighted by molar-refractivity contribution is 9.10. The van der Waals surface area contributed by atoms with Crippen LogP contribution in [0.25, 0.3) is 0 Å². The molecule has 11 heteroatoms. The maximum atomic E-state index is 12.5. The van der Waals surface area contributed by atoms with Gasteiger partial charge in [-0.15, -0.1) is 4.83 Å². The summed E-state index contributed by atoms with van der Waals surface area (Å²) in [6, 6.07) is 4.32. The number of nitrogens with one attached hydrogen (secondary N) is 2. The van der Waals surface area contributed by atoms with Crippen molar-refractivity contribution >= 4 is 47.8 Å². The van der Waals surface area contributed by atoms with E-state index in [-0.39, 0.29) is 20.8 Å². The standard InChI is InChI=1S/C14H15Br2N3O5S/c1-19-7-8(15)4-10(19)14(20)17-18-25(21,22)13-6-12(24-3)11(23-2)5-9(13)16/h4-7,18H,1-3H3,(H,17,20). The van der Waals surface area contributed by atoms with Crippen LogP contribution >= 0.6 is 31.9 Å². The summed E-state index contributed by atoms with van der Waals surface area (Å²) >= 11 is 6.42.